The fourth-order valence-electron chi connectivity index (χ4n) is 2.76. The molecular formula is C15H12N2O2. The predicted molar refractivity (Wildman–Crippen MR) is 69.1 cm³/mol. The number of aryl methyl sites for hydroxylation is 1. The lowest BCUT2D eigenvalue weighted by molar-refractivity contribution is 0.0691. The summed E-state index contributed by atoms with van der Waals surface area (Å²) in [4.78, 5) is 13.9. The van der Waals surface area contributed by atoms with Gasteiger partial charge in [-0.3, -0.25) is 0 Å². The normalized spacial score (nSPS) is 16.9. The monoisotopic (exact) mass is 252 g/mol. The maximum absolute atomic E-state index is 11.0. The number of hydrogen-bond acceptors (Lipinski definition) is 2. The topological polar surface area (TPSA) is 76.9 Å². The van der Waals surface area contributed by atoms with Gasteiger partial charge in [0, 0.05) is 11.6 Å². The highest BCUT2D eigenvalue weighted by atomic mass is 16.4. The van der Waals surface area contributed by atoms with E-state index >= 15 is 0 Å². The summed E-state index contributed by atoms with van der Waals surface area (Å²) in [5.74, 6) is -0.744. The van der Waals surface area contributed by atoms with Gasteiger partial charge >= 0.3 is 5.97 Å². The van der Waals surface area contributed by atoms with Crippen LogP contribution in [0.25, 0.3) is 0 Å². The number of nitrogens with zero attached hydrogens (tertiary/aromatic N) is 1. The number of aromatic nitrogens is 1. The number of rotatable bonds is 2. The Hall–Kier alpha value is -2.54. The quantitative estimate of drug-likeness (QED) is 0.862. The summed E-state index contributed by atoms with van der Waals surface area (Å²) in [6.07, 6.45) is 1.81. The van der Waals surface area contributed by atoms with Crippen LogP contribution >= 0.6 is 0 Å². The molecule has 2 N–H and O–H groups in total. The molecule has 4 heteroatoms. The molecule has 0 fully saturated rings. The zero-order valence-electron chi connectivity index (χ0n) is 10.2. The van der Waals surface area contributed by atoms with Crippen LogP contribution in [0.5, 0.6) is 0 Å². The number of aromatic amines is 1. The standard InChI is InChI=1S/C15H12N2O2/c16-8-9-2-1-3-10(6-9)11-4-5-13-12(11)7-14(17-13)15(18)19/h1-3,6-7,11,17H,4-5H2,(H,18,19). The van der Waals surface area contributed by atoms with Crippen molar-refractivity contribution < 1.29 is 9.90 Å². The van der Waals surface area contributed by atoms with Crippen LogP contribution in [0.1, 0.15) is 45.2 Å². The van der Waals surface area contributed by atoms with Gasteiger partial charge in [-0.25, -0.2) is 4.79 Å². The van der Waals surface area contributed by atoms with Gasteiger partial charge in [0.15, 0.2) is 0 Å². The maximum Gasteiger partial charge on any atom is 0.352 e. The van der Waals surface area contributed by atoms with Crippen molar-refractivity contribution in [3.05, 3.63) is 58.4 Å². The summed E-state index contributed by atoms with van der Waals surface area (Å²) in [6.45, 7) is 0. The van der Waals surface area contributed by atoms with Crippen LogP contribution in [0.2, 0.25) is 0 Å². The Morgan fingerprint density at radius 3 is 3.00 bits per heavy atom. The molecule has 0 spiro atoms. The first-order valence-electron chi connectivity index (χ1n) is 6.14. The van der Waals surface area contributed by atoms with E-state index in [2.05, 4.69) is 11.1 Å². The van der Waals surface area contributed by atoms with E-state index in [0.717, 1.165) is 29.7 Å². The number of hydrogen-bond donors (Lipinski definition) is 2. The second kappa shape index (κ2) is 4.29. The summed E-state index contributed by atoms with van der Waals surface area (Å²) in [5.41, 5.74) is 4.01. The molecule has 94 valence electrons. The molecule has 1 unspecified atom stereocenters. The largest absolute Gasteiger partial charge is 0.477 e. The smallest absolute Gasteiger partial charge is 0.352 e. The fourth-order valence-corrected chi connectivity index (χ4v) is 2.76. The average molecular weight is 252 g/mol. The highest BCUT2D eigenvalue weighted by Crippen LogP contribution is 2.38. The molecule has 4 nitrogen and oxygen atoms in total. The fraction of sp³-hybridized carbons (Fsp3) is 0.200. The maximum atomic E-state index is 11.0. The van der Waals surface area contributed by atoms with Crippen molar-refractivity contribution in [1.82, 2.24) is 4.98 Å². The predicted octanol–water partition coefficient (Wildman–Crippen LogP) is 2.66. The molecular weight excluding hydrogens is 240 g/mol. The van der Waals surface area contributed by atoms with Gasteiger partial charge in [-0.15, -0.1) is 0 Å². The molecule has 0 saturated carbocycles. The number of aromatic carboxylic acids is 1. The van der Waals surface area contributed by atoms with E-state index in [0.29, 0.717) is 5.56 Å². The Morgan fingerprint density at radius 2 is 2.26 bits per heavy atom. The molecule has 1 atom stereocenters. The zero-order valence-corrected chi connectivity index (χ0v) is 10.2. The van der Waals surface area contributed by atoms with Crippen LogP contribution in [-0.4, -0.2) is 16.1 Å². The summed E-state index contributed by atoms with van der Waals surface area (Å²) in [6, 6.07) is 11.4. The van der Waals surface area contributed by atoms with E-state index in [1.54, 1.807) is 12.1 Å². The first kappa shape index (κ1) is 11.5. The number of nitrogens with one attached hydrogen (secondary N) is 1. The first-order valence-corrected chi connectivity index (χ1v) is 6.14. The Morgan fingerprint density at radius 1 is 1.42 bits per heavy atom. The van der Waals surface area contributed by atoms with Crippen molar-refractivity contribution in [2.45, 2.75) is 18.8 Å². The van der Waals surface area contributed by atoms with Gasteiger partial charge in [0.2, 0.25) is 0 Å². The molecule has 19 heavy (non-hydrogen) atoms. The first-order chi connectivity index (χ1) is 9.19. The van der Waals surface area contributed by atoms with Crippen LogP contribution in [0.15, 0.2) is 30.3 Å². The Labute approximate surface area is 110 Å². The van der Waals surface area contributed by atoms with Gasteiger partial charge in [0.05, 0.1) is 11.6 Å². The second-order valence-electron chi connectivity index (χ2n) is 4.75. The van der Waals surface area contributed by atoms with Gasteiger partial charge in [0.25, 0.3) is 0 Å². The SMILES string of the molecule is N#Cc1cccc(C2CCc3[nH]c(C(=O)O)cc32)c1. The molecule has 1 heterocycles. The lowest BCUT2D eigenvalue weighted by Gasteiger charge is -2.10. The van der Waals surface area contributed by atoms with E-state index < -0.39 is 5.97 Å². The minimum atomic E-state index is -0.932. The van der Waals surface area contributed by atoms with E-state index in [4.69, 9.17) is 10.4 Å². The molecule has 0 amide bonds. The molecule has 3 rings (SSSR count). The van der Waals surface area contributed by atoms with Crippen molar-refractivity contribution in [2.24, 2.45) is 0 Å². The molecule has 1 aliphatic carbocycles. The molecule has 0 bridgehead atoms. The number of carboxylic acid groups (broad SMARTS) is 1. The lowest BCUT2D eigenvalue weighted by atomic mass is 9.93. The third kappa shape index (κ3) is 1.89. The van der Waals surface area contributed by atoms with Crippen molar-refractivity contribution in [3.8, 4) is 6.07 Å². The molecule has 0 radical (unpaired) electrons. The van der Waals surface area contributed by atoms with Crippen LogP contribution in [0, 0.1) is 11.3 Å². The molecule has 1 aromatic carbocycles. The molecule has 0 saturated heterocycles. The van der Waals surface area contributed by atoms with Crippen molar-refractivity contribution in [2.75, 3.05) is 0 Å². The van der Waals surface area contributed by atoms with Crippen LogP contribution in [0.4, 0.5) is 0 Å². The van der Waals surface area contributed by atoms with Crippen molar-refractivity contribution in [3.63, 3.8) is 0 Å². The summed E-state index contributed by atoms with van der Waals surface area (Å²) < 4.78 is 0. The molecule has 1 aromatic heterocycles. The lowest BCUT2D eigenvalue weighted by Crippen LogP contribution is -1.98. The number of H-pyrrole nitrogens is 1. The Balaban J connectivity index is 2.01. The van der Waals surface area contributed by atoms with E-state index in [-0.39, 0.29) is 11.6 Å². The summed E-state index contributed by atoms with van der Waals surface area (Å²) in [5, 5.41) is 18.0. The van der Waals surface area contributed by atoms with Gasteiger partial charge in [-0.05, 0) is 42.2 Å². The van der Waals surface area contributed by atoms with Crippen LogP contribution in [0.3, 0.4) is 0 Å². The van der Waals surface area contributed by atoms with E-state index in [1.807, 2.05) is 18.2 Å². The number of benzene rings is 1. The highest BCUT2D eigenvalue weighted by molar-refractivity contribution is 5.86. The van der Waals surface area contributed by atoms with Gasteiger partial charge in [-0.1, -0.05) is 12.1 Å². The number of nitriles is 1. The van der Waals surface area contributed by atoms with Crippen molar-refractivity contribution >= 4 is 5.97 Å². The second-order valence-corrected chi connectivity index (χ2v) is 4.75. The van der Waals surface area contributed by atoms with E-state index in [1.165, 1.54) is 0 Å². The Kier molecular flexibility index (Phi) is 2.60. The number of carboxylic acids is 1. The molecule has 2 aromatic rings. The van der Waals surface area contributed by atoms with Gasteiger partial charge in [-0.2, -0.15) is 5.26 Å². The van der Waals surface area contributed by atoms with Crippen molar-refractivity contribution in [1.29, 1.82) is 5.26 Å². The molecule has 1 aliphatic rings. The van der Waals surface area contributed by atoms with Gasteiger partial charge < -0.3 is 10.1 Å². The van der Waals surface area contributed by atoms with Crippen LogP contribution in [-0.2, 0) is 6.42 Å². The number of carbonyl (C=O) groups is 1. The number of fused-ring (bicyclic) bond motifs is 1. The van der Waals surface area contributed by atoms with E-state index in [9.17, 15) is 4.79 Å². The zero-order chi connectivity index (χ0) is 13.4. The summed E-state index contributed by atoms with van der Waals surface area (Å²) in [7, 11) is 0. The summed E-state index contributed by atoms with van der Waals surface area (Å²) >= 11 is 0. The third-order valence-corrected chi connectivity index (χ3v) is 3.64. The minimum Gasteiger partial charge on any atom is -0.477 e. The minimum absolute atomic E-state index is 0.188. The van der Waals surface area contributed by atoms with Gasteiger partial charge in [0.1, 0.15) is 5.69 Å². The van der Waals surface area contributed by atoms with Crippen LogP contribution < -0.4 is 0 Å². The highest BCUT2D eigenvalue weighted by Gasteiger charge is 2.27. The Bertz CT molecular complexity index is 694. The molecule has 0 aliphatic heterocycles. The third-order valence-electron chi connectivity index (χ3n) is 3.64. The average Bonchev–Trinajstić information content (AvgIpc) is 2.98.